The van der Waals surface area contributed by atoms with Crippen LogP contribution in [0.5, 0.6) is 0 Å². The predicted molar refractivity (Wildman–Crippen MR) is 99.1 cm³/mol. The molecule has 0 amide bonds. The van der Waals surface area contributed by atoms with Crippen LogP contribution in [-0.4, -0.2) is 14.8 Å². The van der Waals surface area contributed by atoms with E-state index in [2.05, 4.69) is 10.1 Å². The molecule has 2 atom stereocenters. The van der Waals surface area contributed by atoms with Gasteiger partial charge in [0.05, 0.1) is 6.54 Å². The molecule has 0 saturated carbocycles. The van der Waals surface area contributed by atoms with Gasteiger partial charge >= 0.3 is 29.6 Å². The average Bonchev–Trinajstić information content (AvgIpc) is 3.14. The molecular formula is C17H11Cl3N3NaOS. The van der Waals surface area contributed by atoms with E-state index in [1.165, 1.54) is 6.33 Å². The van der Waals surface area contributed by atoms with Crippen molar-refractivity contribution in [2.45, 2.75) is 23.4 Å². The van der Waals surface area contributed by atoms with Gasteiger partial charge in [-0.05, 0) is 18.2 Å². The van der Waals surface area contributed by atoms with E-state index in [1.807, 2.05) is 30.3 Å². The molecule has 1 aliphatic heterocycles. The molecule has 0 radical (unpaired) electrons. The van der Waals surface area contributed by atoms with Gasteiger partial charge in [-0.2, -0.15) is 5.10 Å². The van der Waals surface area contributed by atoms with Gasteiger partial charge in [0.1, 0.15) is 18.0 Å². The molecule has 2 heterocycles. The average molecular weight is 435 g/mol. The minimum absolute atomic E-state index is 0. The predicted octanol–water partition coefficient (Wildman–Crippen LogP) is 1.82. The maximum absolute atomic E-state index is 6.44. The molecule has 0 unspecified atom stereocenters. The molecule has 4 rings (SSSR count). The Bertz CT molecular complexity index is 955. The summed E-state index contributed by atoms with van der Waals surface area (Å²) in [7, 11) is 0. The van der Waals surface area contributed by atoms with E-state index in [1.54, 1.807) is 16.8 Å². The first-order valence-electron chi connectivity index (χ1n) is 7.44. The van der Waals surface area contributed by atoms with Gasteiger partial charge in [-0.25, -0.2) is 4.98 Å². The number of rotatable bonds is 4. The second kappa shape index (κ2) is 7.94. The summed E-state index contributed by atoms with van der Waals surface area (Å²) in [5.41, 5.74) is 0.992. The maximum Gasteiger partial charge on any atom is 1.00 e. The van der Waals surface area contributed by atoms with Crippen LogP contribution in [0, 0.1) is 0 Å². The van der Waals surface area contributed by atoms with Crippen molar-refractivity contribution in [1.29, 1.82) is 0 Å². The van der Waals surface area contributed by atoms with Crippen LogP contribution < -0.4 is 29.6 Å². The van der Waals surface area contributed by atoms with Gasteiger partial charge in [0.15, 0.2) is 0 Å². The Hall–Kier alpha value is -0.370. The molecular weight excluding hydrogens is 424 g/mol. The standard InChI is InChI=1S/C17H12Cl3N3OS.Na/c18-10-5-6-11(14(20)7-10)15-17(24-15,8-23-16(25)21-9-22-23)12-3-1-2-4-13(12)19;/h1-7,9,15H,8H2,(H,21,22,25);/q;+1/p-1/t15-,17-;/m1./s1. The summed E-state index contributed by atoms with van der Waals surface area (Å²) < 4.78 is 7.79. The van der Waals surface area contributed by atoms with Gasteiger partial charge < -0.3 is 17.4 Å². The van der Waals surface area contributed by atoms with E-state index < -0.39 is 5.60 Å². The summed E-state index contributed by atoms with van der Waals surface area (Å²) >= 11 is 24.0. The number of aromatic nitrogens is 3. The summed E-state index contributed by atoms with van der Waals surface area (Å²) in [4.78, 5) is 4.01. The van der Waals surface area contributed by atoms with Crippen LogP contribution in [0.2, 0.25) is 15.1 Å². The van der Waals surface area contributed by atoms with Crippen molar-refractivity contribution in [3.05, 3.63) is 75.0 Å². The van der Waals surface area contributed by atoms with Gasteiger partial charge in [-0.15, -0.1) is 0 Å². The zero-order chi connectivity index (χ0) is 17.6. The molecule has 0 bridgehead atoms. The van der Waals surface area contributed by atoms with Crippen LogP contribution in [-0.2, 0) is 29.5 Å². The summed E-state index contributed by atoms with van der Waals surface area (Å²) in [6.07, 6.45) is 1.14. The molecule has 1 saturated heterocycles. The Kier molecular flexibility index (Phi) is 6.22. The van der Waals surface area contributed by atoms with Crippen LogP contribution in [0.15, 0.2) is 53.9 Å². The Labute approximate surface area is 193 Å². The number of benzene rings is 2. The van der Waals surface area contributed by atoms with Gasteiger partial charge in [-0.3, -0.25) is 4.68 Å². The SMILES string of the molecule is [Na+].[S-]c1ncnn1C[C@]1(c2ccccc2Cl)O[C@@H]1c1ccc(Cl)cc1Cl. The summed E-state index contributed by atoms with van der Waals surface area (Å²) in [5, 5.41) is 6.30. The molecule has 4 nitrogen and oxygen atoms in total. The van der Waals surface area contributed by atoms with E-state index in [-0.39, 0.29) is 35.7 Å². The quantitative estimate of drug-likeness (QED) is 0.357. The van der Waals surface area contributed by atoms with Gasteiger partial charge in [0.2, 0.25) is 0 Å². The molecule has 0 N–H and O–H groups in total. The van der Waals surface area contributed by atoms with E-state index in [4.69, 9.17) is 52.2 Å². The summed E-state index contributed by atoms with van der Waals surface area (Å²) in [6, 6.07) is 12.9. The second-order valence-electron chi connectivity index (χ2n) is 5.73. The Morgan fingerprint density at radius 3 is 2.54 bits per heavy atom. The third kappa shape index (κ3) is 3.64. The van der Waals surface area contributed by atoms with Gasteiger partial charge in [-0.1, -0.05) is 59.1 Å². The van der Waals surface area contributed by atoms with Gasteiger partial charge in [0, 0.05) is 31.4 Å². The van der Waals surface area contributed by atoms with Crippen LogP contribution in [0.25, 0.3) is 0 Å². The summed E-state index contributed by atoms with van der Waals surface area (Å²) in [6.45, 7) is 0.388. The Morgan fingerprint density at radius 1 is 1.12 bits per heavy atom. The maximum atomic E-state index is 6.44. The fraction of sp³-hybridized carbons (Fsp3) is 0.176. The topological polar surface area (TPSA) is 43.2 Å². The number of nitrogens with zero attached hydrogens (tertiary/aromatic N) is 3. The van der Waals surface area contributed by atoms with Crippen LogP contribution in [0.3, 0.4) is 0 Å². The monoisotopic (exact) mass is 433 g/mol. The minimum Gasteiger partial charge on any atom is -0.740 e. The molecule has 1 fully saturated rings. The number of ether oxygens (including phenoxy) is 1. The Morgan fingerprint density at radius 2 is 1.88 bits per heavy atom. The van der Waals surface area contributed by atoms with Crippen molar-refractivity contribution in [1.82, 2.24) is 14.8 Å². The number of hydrogen-bond donors (Lipinski definition) is 0. The molecule has 26 heavy (non-hydrogen) atoms. The zero-order valence-electron chi connectivity index (χ0n) is 13.7. The van der Waals surface area contributed by atoms with Crippen molar-refractivity contribution in [2.24, 2.45) is 0 Å². The van der Waals surface area contributed by atoms with Gasteiger partial charge in [0.25, 0.3) is 0 Å². The molecule has 3 aromatic rings. The molecule has 1 aromatic heterocycles. The third-order valence-electron chi connectivity index (χ3n) is 4.23. The molecule has 9 heteroatoms. The number of halogens is 3. The third-order valence-corrected chi connectivity index (χ3v) is 5.44. The number of epoxide rings is 1. The summed E-state index contributed by atoms with van der Waals surface area (Å²) in [5.74, 6) is 0. The van der Waals surface area contributed by atoms with Crippen molar-refractivity contribution >= 4 is 47.4 Å². The minimum atomic E-state index is -0.711. The van der Waals surface area contributed by atoms with Crippen molar-refractivity contribution in [3.8, 4) is 0 Å². The van der Waals surface area contributed by atoms with E-state index in [0.717, 1.165) is 11.1 Å². The smallest absolute Gasteiger partial charge is 0.740 e. The zero-order valence-corrected chi connectivity index (χ0v) is 18.8. The van der Waals surface area contributed by atoms with Crippen LogP contribution in [0.1, 0.15) is 17.2 Å². The molecule has 0 spiro atoms. The van der Waals surface area contributed by atoms with E-state index >= 15 is 0 Å². The molecule has 1 aliphatic rings. The first-order chi connectivity index (χ1) is 12.0. The van der Waals surface area contributed by atoms with Crippen LogP contribution in [0.4, 0.5) is 0 Å². The fourth-order valence-electron chi connectivity index (χ4n) is 3.00. The largest absolute Gasteiger partial charge is 1.00 e. The first-order valence-corrected chi connectivity index (χ1v) is 8.98. The second-order valence-corrected chi connectivity index (χ2v) is 7.35. The number of hydrogen-bond acceptors (Lipinski definition) is 4. The normalized spacial score (nSPS) is 21.3. The van der Waals surface area contributed by atoms with E-state index in [9.17, 15) is 0 Å². The first kappa shape index (κ1) is 20.4. The van der Waals surface area contributed by atoms with E-state index in [0.29, 0.717) is 26.8 Å². The van der Waals surface area contributed by atoms with Crippen molar-refractivity contribution < 1.29 is 34.3 Å². The molecule has 2 aromatic carbocycles. The fourth-order valence-corrected chi connectivity index (χ4v) is 3.97. The molecule has 128 valence electrons. The van der Waals surface area contributed by atoms with Crippen molar-refractivity contribution in [3.63, 3.8) is 0 Å². The van der Waals surface area contributed by atoms with Crippen molar-refractivity contribution in [2.75, 3.05) is 0 Å². The Balaban J connectivity index is 0.00000196. The molecule has 0 aliphatic carbocycles. The van der Waals surface area contributed by atoms with Crippen LogP contribution >= 0.6 is 34.8 Å².